The van der Waals surface area contributed by atoms with Crippen molar-refractivity contribution in [2.75, 3.05) is 18.5 Å². The molecule has 0 unspecified atom stereocenters. The zero-order chi connectivity index (χ0) is 17.5. The van der Waals surface area contributed by atoms with E-state index in [2.05, 4.69) is 0 Å². The zero-order valence-corrected chi connectivity index (χ0v) is 13.8. The summed E-state index contributed by atoms with van der Waals surface area (Å²) in [4.78, 5) is 27.4. The van der Waals surface area contributed by atoms with Crippen molar-refractivity contribution in [3.8, 4) is 6.07 Å². The highest BCUT2D eigenvalue weighted by molar-refractivity contribution is 5.97. The number of amides is 2. The van der Waals surface area contributed by atoms with E-state index >= 15 is 0 Å². The molecule has 0 spiro atoms. The quantitative estimate of drug-likeness (QED) is 0.850. The summed E-state index contributed by atoms with van der Waals surface area (Å²) in [6, 6.07) is 18.4. The molecular weight excluding hydrogens is 302 g/mol. The van der Waals surface area contributed by atoms with Crippen LogP contribution in [-0.4, -0.2) is 30.3 Å². The highest BCUT2D eigenvalue weighted by atomic mass is 16.2. The highest BCUT2D eigenvalue weighted by Crippen LogP contribution is 2.16. The monoisotopic (exact) mass is 321 g/mol. The lowest BCUT2D eigenvalue weighted by Crippen LogP contribution is -2.40. The first-order chi connectivity index (χ1) is 11.5. The summed E-state index contributed by atoms with van der Waals surface area (Å²) >= 11 is 0. The van der Waals surface area contributed by atoms with Crippen LogP contribution in [0.25, 0.3) is 0 Å². The molecule has 0 radical (unpaired) electrons. The zero-order valence-electron chi connectivity index (χ0n) is 13.8. The largest absolute Gasteiger partial charge is 0.340 e. The summed E-state index contributed by atoms with van der Waals surface area (Å²) < 4.78 is 0. The topological polar surface area (TPSA) is 64.4 Å². The molecule has 0 atom stereocenters. The van der Waals surface area contributed by atoms with Crippen LogP contribution in [0.4, 0.5) is 5.69 Å². The Morgan fingerprint density at radius 1 is 1.08 bits per heavy atom. The van der Waals surface area contributed by atoms with E-state index in [1.54, 1.807) is 36.2 Å². The number of benzene rings is 2. The van der Waals surface area contributed by atoms with Crippen LogP contribution in [-0.2, 0) is 16.1 Å². The molecule has 24 heavy (non-hydrogen) atoms. The minimum Gasteiger partial charge on any atom is -0.340 e. The normalized spacial score (nSPS) is 9.88. The van der Waals surface area contributed by atoms with E-state index in [4.69, 9.17) is 5.26 Å². The molecule has 2 rings (SSSR count). The average molecular weight is 321 g/mol. The maximum absolute atomic E-state index is 12.5. The number of rotatable bonds is 5. The van der Waals surface area contributed by atoms with Crippen LogP contribution < -0.4 is 4.90 Å². The van der Waals surface area contributed by atoms with Crippen molar-refractivity contribution in [3.05, 3.63) is 65.7 Å². The SMILES string of the molecule is CC(=O)N(CC(=O)N(C)Cc1ccccc1)c1cccc(C#N)c1. The molecule has 0 aliphatic carbocycles. The molecule has 0 heterocycles. The van der Waals surface area contributed by atoms with Crippen LogP contribution in [0.2, 0.25) is 0 Å². The van der Waals surface area contributed by atoms with Gasteiger partial charge in [-0.3, -0.25) is 9.59 Å². The van der Waals surface area contributed by atoms with Crippen molar-refractivity contribution >= 4 is 17.5 Å². The van der Waals surface area contributed by atoms with E-state index in [-0.39, 0.29) is 18.4 Å². The molecule has 0 aliphatic heterocycles. The summed E-state index contributed by atoms with van der Waals surface area (Å²) in [6.45, 7) is 1.82. The van der Waals surface area contributed by atoms with Crippen molar-refractivity contribution < 1.29 is 9.59 Å². The fourth-order valence-electron chi connectivity index (χ4n) is 2.33. The lowest BCUT2D eigenvalue weighted by atomic mass is 10.2. The van der Waals surface area contributed by atoms with E-state index in [0.717, 1.165) is 5.56 Å². The van der Waals surface area contributed by atoms with Gasteiger partial charge in [-0.25, -0.2) is 0 Å². The van der Waals surface area contributed by atoms with E-state index in [1.807, 2.05) is 36.4 Å². The summed E-state index contributed by atoms with van der Waals surface area (Å²) in [5.41, 5.74) is 2.01. The third-order valence-electron chi connectivity index (χ3n) is 3.65. The van der Waals surface area contributed by atoms with Crippen molar-refractivity contribution in [2.45, 2.75) is 13.5 Å². The van der Waals surface area contributed by atoms with Crippen molar-refractivity contribution in [2.24, 2.45) is 0 Å². The summed E-state index contributed by atoms with van der Waals surface area (Å²) in [6.07, 6.45) is 0. The van der Waals surface area contributed by atoms with Gasteiger partial charge in [0.15, 0.2) is 0 Å². The fourth-order valence-corrected chi connectivity index (χ4v) is 2.33. The fraction of sp³-hybridized carbons (Fsp3) is 0.211. The van der Waals surface area contributed by atoms with Gasteiger partial charge in [-0.05, 0) is 23.8 Å². The first-order valence-corrected chi connectivity index (χ1v) is 7.57. The van der Waals surface area contributed by atoms with Crippen LogP contribution in [0.3, 0.4) is 0 Å². The first-order valence-electron chi connectivity index (χ1n) is 7.57. The van der Waals surface area contributed by atoms with Gasteiger partial charge < -0.3 is 9.80 Å². The van der Waals surface area contributed by atoms with Gasteiger partial charge in [-0.2, -0.15) is 5.26 Å². The average Bonchev–Trinajstić information content (AvgIpc) is 2.60. The molecule has 0 fully saturated rings. The van der Waals surface area contributed by atoms with Gasteiger partial charge in [0.1, 0.15) is 6.54 Å². The van der Waals surface area contributed by atoms with Gasteiger partial charge in [-0.15, -0.1) is 0 Å². The maximum atomic E-state index is 12.5. The Morgan fingerprint density at radius 2 is 1.79 bits per heavy atom. The predicted octanol–water partition coefficient (Wildman–Crippen LogP) is 2.57. The minimum atomic E-state index is -0.244. The number of hydrogen-bond acceptors (Lipinski definition) is 3. The second-order valence-corrected chi connectivity index (χ2v) is 5.50. The number of nitrogens with zero attached hydrogens (tertiary/aromatic N) is 3. The van der Waals surface area contributed by atoms with Crippen LogP contribution in [0, 0.1) is 11.3 Å². The second kappa shape index (κ2) is 7.93. The Labute approximate surface area is 141 Å². The molecule has 5 nitrogen and oxygen atoms in total. The van der Waals surface area contributed by atoms with Gasteiger partial charge in [0, 0.05) is 26.2 Å². The van der Waals surface area contributed by atoms with Crippen LogP contribution in [0.15, 0.2) is 54.6 Å². The van der Waals surface area contributed by atoms with E-state index in [1.165, 1.54) is 11.8 Å². The smallest absolute Gasteiger partial charge is 0.242 e. The summed E-state index contributed by atoms with van der Waals surface area (Å²) in [7, 11) is 1.71. The molecule has 5 heteroatoms. The molecule has 0 saturated carbocycles. The molecule has 122 valence electrons. The van der Waals surface area contributed by atoms with Crippen molar-refractivity contribution in [1.29, 1.82) is 5.26 Å². The number of nitriles is 1. The molecular formula is C19H19N3O2. The Morgan fingerprint density at radius 3 is 2.42 bits per heavy atom. The number of carbonyl (C=O) groups excluding carboxylic acids is 2. The molecule has 0 N–H and O–H groups in total. The number of hydrogen-bond donors (Lipinski definition) is 0. The third kappa shape index (κ3) is 4.43. The van der Waals surface area contributed by atoms with Crippen LogP contribution in [0.1, 0.15) is 18.1 Å². The van der Waals surface area contributed by atoms with Gasteiger partial charge in [0.25, 0.3) is 0 Å². The Balaban J connectivity index is 2.11. The van der Waals surface area contributed by atoms with E-state index in [0.29, 0.717) is 17.8 Å². The Kier molecular flexibility index (Phi) is 5.69. The Hall–Kier alpha value is -3.13. The van der Waals surface area contributed by atoms with Gasteiger partial charge in [-0.1, -0.05) is 36.4 Å². The van der Waals surface area contributed by atoms with Crippen molar-refractivity contribution in [1.82, 2.24) is 4.90 Å². The molecule has 0 saturated heterocycles. The van der Waals surface area contributed by atoms with Gasteiger partial charge >= 0.3 is 0 Å². The van der Waals surface area contributed by atoms with Crippen LogP contribution >= 0.6 is 0 Å². The molecule has 0 aliphatic rings. The first kappa shape index (κ1) is 17.2. The lowest BCUT2D eigenvalue weighted by molar-refractivity contribution is -0.130. The molecule has 2 aromatic rings. The van der Waals surface area contributed by atoms with Gasteiger partial charge in [0.2, 0.25) is 11.8 Å². The molecule has 0 aromatic heterocycles. The van der Waals surface area contributed by atoms with E-state index < -0.39 is 0 Å². The standard InChI is InChI=1S/C19H19N3O2/c1-15(23)22(18-10-6-9-17(11-18)12-20)14-19(24)21(2)13-16-7-4-3-5-8-16/h3-11H,13-14H2,1-2H3. The Bertz CT molecular complexity index is 766. The van der Waals surface area contributed by atoms with E-state index in [9.17, 15) is 9.59 Å². The number of anilines is 1. The minimum absolute atomic E-state index is 0.0620. The molecule has 0 bridgehead atoms. The predicted molar refractivity (Wildman–Crippen MR) is 92.1 cm³/mol. The second-order valence-electron chi connectivity index (χ2n) is 5.50. The lowest BCUT2D eigenvalue weighted by Gasteiger charge is -2.24. The molecule has 2 aromatic carbocycles. The number of carbonyl (C=O) groups is 2. The van der Waals surface area contributed by atoms with Crippen LogP contribution in [0.5, 0.6) is 0 Å². The maximum Gasteiger partial charge on any atom is 0.242 e. The summed E-state index contributed by atoms with van der Waals surface area (Å²) in [5.74, 6) is -0.414. The molecule has 2 amide bonds. The number of likely N-dealkylation sites (N-methyl/N-ethyl adjacent to an activating group) is 1. The van der Waals surface area contributed by atoms with Gasteiger partial charge in [0.05, 0.1) is 11.6 Å². The van der Waals surface area contributed by atoms with Crippen molar-refractivity contribution in [3.63, 3.8) is 0 Å². The third-order valence-corrected chi connectivity index (χ3v) is 3.65. The summed E-state index contributed by atoms with van der Waals surface area (Å²) in [5, 5.41) is 8.99. The highest BCUT2D eigenvalue weighted by Gasteiger charge is 2.19.